The van der Waals surface area contributed by atoms with E-state index in [1.807, 2.05) is 0 Å². The maximum atomic E-state index is 10.9. The van der Waals surface area contributed by atoms with Crippen LogP contribution in [0, 0.1) is 0 Å². The molecule has 0 aromatic heterocycles. The van der Waals surface area contributed by atoms with E-state index in [0.29, 0.717) is 12.0 Å². The van der Waals surface area contributed by atoms with Gasteiger partial charge >= 0.3 is 11.9 Å². The maximum Gasteiger partial charge on any atom is 0.333 e. The van der Waals surface area contributed by atoms with E-state index >= 15 is 0 Å². The number of ether oxygens (including phenoxy) is 2. The zero-order chi connectivity index (χ0) is 14.1. The predicted molar refractivity (Wildman–Crippen MR) is 67.2 cm³/mol. The number of carboxylic acids is 1. The molecule has 102 valence electrons. The molecule has 1 heterocycles. The zero-order valence-corrected chi connectivity index (χ0v) is 10.9. The third-order valence-corrected chi connectivity index (χ3v) is 2.34. The molecule has 1 unspecified atom stereocenters. The maximum absolute atomic E-state index is 10.9. The van der Waals surface area contributed by atoms with E-state index in [2.05, 4.69) is 17.9 Å². The van der Waals surface area contributed by atoms with Crippen LogP contribution in [0.15, 0.2) is 24.3 Å². The molecule has 1 rings (SSSR count). The van der Waals surface area contributed by atoms with Gasteiger partial charge in [-0.25, -0.2) is 9.59 Å². The number of hydrogen-bond acceptors (Lipinski definition) is 4. The molecule has 1 saturated heterocycles. The first-order valence-corrected chi connectivity index (χ1v) is 5.65. The predicted octanol–water partition coefficient (Wildman–Crippen LogP) is 1.93. The molecule has 0 aromatic carbocycles. The summed E-state index contributed by atoms with van der Waals surface area (Å²) in [6.07, 6.45) is 2.89. The van der Waals surface area contributed by atoms with Crippen molar-refractivity contribution < 1.29 is 24.2 Å². The standard InChI is InChI=1S/C9H14O3.C4H6O2/c1-7(9(10)11-2)6-8-4-3-5-12-8;1-3(2)4(5)6/h8H,1,3-6H2,2H3;1H2,2H3,(H,5,6). The number of carbonyl (C=O) groups is 2. The van der Waals surface area contributed by atoms with Crippen LogP contribution in [0.3, 0.4) is 0 Å². The average molecular weight is 256 g/mol. The van der Waals surface area contributed by atoms with Crippen LogP contribution in [-0.2, 0) is 19.1 Å². The third-order valence-electron chi connectivity index (χ3n) is 2.34. The fourth-order valence-electron chi connectivity index (χ4n) is 1.31. The van der Waals surface area contributed by atoms with Gasteiger partial charge in [-0.15, -0.1) is 0 Å². The Morgan fingerprint density at radius 1 is 1.44 bits per heavy atom. The number of carboxylic acid groups (broad SMARTS) is 1. The number of aliphatic carboxylic acids is 1. The molecule has 1 atom stereocenters. The van der Waals surface area contributed by atoms with E-state index in [1.54, 1.807) is 0 Å². The molecular formula is C13H20O5. The fraction of sp³-hybridized carbons (Fsp3) is 0.538. The van der Waals surface area contributed by atoms with Crippen molar-refractivity contribution in [2.24, 2.45) is 0 Å². The van der Waals surface area contributed by atoms with Gasteiger partial charge < -0.3 is 14.6 Å². The molecule has 1 N–H and O–H groups in total. The fourth-order valence-corrected chi connectivity index (χ4v) is 1.31. The first-order valence-electron chi connectivity index (χ1n) is 5.65. The zero-order valence-electron chi connectivity index (χ0n) is 10.9. The number of carbonyl (C=O) groups excluding carboxylic acids is 1. The molecule has 1 aliphatic heterocycles. The van der Waals surface area contributed by atoms with Crippen molar-refractivity contribution in [3.63, 3.8) is 0 Å². The summed E-state index contributed by atoms with van der Waals surface area (Å²) in [6, 6.07) is 0. The van der Waals surface area contributed by atoms with Gasteiger partial charge in [0.15, 0.2) is 0 Å². The first-order chi connectivity index (χ1) is 8.38. The number of esters is 1. The molecule has 5 nitrogen and oxygen atoms in total. The van der Waals surface area contributed by atoms with Crippen LogP contribution in [0.2, 0.25) is 0 Å². The summed E-state index contributed by atoms with van der Waals surface area (Å²) < 4.78 is 9.88. The molecule has 5 heteroatoms. The third kappa shape index (κ3) is 6.85. The Balaban J connectivity index is 0.000000411. The van der Waals surface area contributed by atoms with Crippen molar-refractivity contribution in [1.82, 2.24) is 0 Å². The minimum absolute atomic E-state index is 0.176. The summed E-state index contributed by atoms with van der Waals surface area (Å²) in [6.45, 7) is 9.04. The highest BCUT2D eigenvalue weighted by Gasteiger charge is 2.19. The van der Waals surface area contributed by atoms with E-state index in [4.69, 9.17) is 9.84 Å². The molecule has 0 aliphatic carbocycles. The average Bonchev–Trinajstić information content (AvgIpc) is 2.81. The van der Waals surface area contributed by atoms with Crippen LogP contribution in [-0.4, -0.2) is 36.9 Å². The summed E-state index contributed by atoms with van der Waals surface area (Å²) in [4.78, 5) is 20.5. The van der Waals surface area contributed by atoms with Gasteiger partial charge in [0.05, 0.1) is 13.2 Å². The quantitative estimate of drug-likeness (QED) is 0.614. The smallest absolute Gasteiger partial charge is 0.333 e. The first kappa shape index (κ1) is 16.4. The van der Waals surface area contributed by atoms with Gasteiger partial charge in [0.25, 0.3) is 0 Å². The Morgan fingerprint density at radius 2 is 2.00 bits per heavy atom. The Morgan fingerprint density at radius 3 is 2.33 bits per heavy atom. The molecule has 1 fully saturated rings. The van der Waals surface area contributed by atoms with E-state index < -0.39 is 5.97 Å². The summed E-state index contributed by atoms with van der Waals surface area (Å²) in [5.41, 5.74) is 0.680. The van der Waals surface area contributed by atoms with Crippen molar-refractivity contribution in [3.05, 3.63) is 24.3 Å². The normalized spacial score (nSPS) is 17.3. The summed E-state index contributed by atoms with van der Waals surface area (Å²) in [5.74, 6) is -1.26. The molecule has 0 aromatic rings. The lowest BCUT2D eigenvalue weighted by atomic mass is 10.1. The lowest BCUT2D eigenvalue weighted by molar-refractivity contribution is -0.136. The minimum Gasteiger partial charge on any atom is -0.478 e. The molecule has 0 saturated carbocycles. The van der Waals surface area contributed by atoms with Crippen LogP contribution in [0.25, 0.3) is 0 Å². The SMILES string of the molecule is C=C(C)C(=O)O.C=C(CC1CCCO1)C(=O)OC. The largest absolute Gasteiger partial charge is 0.478 e. The monoisotopic (exact) mass is 256 g/mol. The molecular weight excluding hydrogens is 236 g/mol. The van der Waals surface area contributed by atoms with E-state index in [1.165, 1.54) is 14.0 Å². The Bertz CT molecular complexity index is 314. The van der Waals surface area contributed by atoms with Crippen molar-refractivity contribution in [1.29, 1.82) is 0 Å². The summed E-state index contributed by atoms with van der Waals surface area (Å²) in [7, 11) is 1.36. The van der Waals surface area contributed by atoms with Crippen LogP contribution >= 0.6 is 0 Å². The van der Waals surface area contributed by atoms with Crippen molar-refractivity contribution >= 4 is 11.9 Å². The van der Waals surface area contributed by atoms with Crippen molar-refractivity contribution in [2.75, 3.05) is 13.7 Å². The van der Waals surface area contributed by atoms with E-state index in [-0.39, 0.29) is 17.6 Å². The molecule has 0 spiro atoms. The van der Waals surface area contributed by atoms with Gasteiger partial charge in [-0.05, 0) is 19.8 Å². The molecule has 18 heavy (non-hydrogen) atoms. The van der Waals surface area contributed by atoms with Gasteiger partial charge in [0, 0.05) is 24.2 Å². The molecule has 1 aliphatic rings. The van der Waals surface area contributed by atoms with Crippen LogP contribution in [0.5, 0.6) is 0 Å². The Kier molecular flexibility index (Phi) is 7.71. The number of rotatable bonds is 4. The van der Waals surface area contributed by atoms with Crippen LogP contribution < -0.4 is 0 Å². The van der Waals surface area contributed by atoms with Gasteiger partial charge in [0.1, 0.15) is 0 Å². The Labute approximate surface area is 107 Å². The second-order valence-corrected chi connectivity index (χ2v) is 4.02. The second kappa shape index (κ2) is 8.47. The van der Waals surface area contributed by atoms with Crippen molar-refractivity contribution in [2.45, 2.75) is 32.3 Å². The Hall–Kier alpha value is -1.62. The summed E-state index contributed by atoms with van der Waals surface area (Å²) in [5, 5.41) is 7.89. The number of methoxy groups -OCH3 is 1. The van der Waals surface area contributed by atoms with Crippen molar-refractivity contribution in [3.8, 4) is 0 Å². The minimum atomic E-state index is -0.935. The van der Waals surface area contributed by atoms with Crippen LogP contribution in [0.1, 0.15) is 26.2 Å². The molecule has 0 radical (unpaired) electrons. The second-order valence-electron chi connectivity index (χ2n) is 4.02. The lowest BCUT2D eigenvalue weighted by Crippen LogP contribution is -2.12. The van der Waals surface area contributed by atoms with Gasteiger partial charge in [-0.3, -0.25) is 0 Å². The highest BCUT2D eigenvalue weighted by Crippen LogP contribution is 2.19. The highest BCUT2D eigenvalue weighted by molar-refractivity contribution is 5.87. The number of hydrogen-bond donors (Lipinski definition) is 1. The lowest BCUT2D eigenvalue weighted by Gasteiger charge is -2.09. The van der Waals surface area contributed by atoms with E-state index in [0.717, 1.165) is 19.4 Å². The molecule has 0 amide bonds. The summed E-state index contributed by atoms with van der Waals surface area (Å²) >= 11 is 0. The van der Waals surface area contributed by atoms with E-state index in [9.17, 15) is 9.59 Å². The van der Waals surface area contributed by atoms with Gasteiger partial charge in [-0.1, -0.05) is 13.2 Å². The van der Waals surface area contributed by atoms with Gasteiger partial charge in [0.2, 0.25) is 0 Å². The van der Waals surface area contributed by atoms with Crippen LogP contribution in [0.4, 0.5) is 0 Å². The topological polar surface area (TPSA) is 72.8 Å². The van der Waals surface area contributed by atoms with Gasteiger partial charge in [-0.2, -0.15) is 0 Å². The molecule has 0 bridgehead atoms. The highest BCUT2D eigenvalue weighted by atomic mass is 16.5.